The molecule has 2 rings (SSSR count). The van der Waals surface area contributed by atoms with Crippen LogP contribution in [0, 0.1) is 0 Å². The van der Waals surface area contributed by atoms with E-state index < -0.39 is 18.4 Å². The Hall–Kier alpha value is -1.94. The van der Waals surface area contributed by atoms with E-state index in [1.807, 2.05) is 0 Å². The third-order valence-corrected chi connectivity index (χ3v) is 3.27. The van der Waals surface area contributed by atoms with Crippen molar-refractivity contribution in [3.8, 4) is 0 Å². The van der Waals surface area contributed by atoms with E-state index in [0.29, 0.717) is 5.39 Å². The molecule has 0 amide bonds. The molecule has 0 saturated carbocycles. The maximum atomic E-state index is 11.8. The van der Waals surface area contributed by atoms with Gasteiger partial charge in [0.2, 0.25) is 5.95 Å². The standard InChI is InChI=1S/C12H18N4O5/c1-20-7(5-17)8(18)11(21-2)16-4-3-6-9(16)14-12(13)15-10(6)19/h3-4,7-8,11,17-18H,5H2,1-2H3,(H3,13,14,15,19)/t7-,8-,11-/m1/s1. The van der Waals surface area contributed by atoms with E-state index in [0.717, 1.165) is 0 Å². The molecule has 3 atom stereocenters. The third kappa shape index (κ3) is 2.76. The van der Waals surface area contributed by atoms with Crippen LogP contribution in [0.2, 0.25) is 0 Å². The molecule has 0 unspecified atom stereocenters. The summed E-state index contributed by atoms with van der Waals surface area (Å²) in [7, 11) is 2.76. The number of aromatic nitrogens is 3. The van der Waals surface area contributed by atoms with Gasteiger partial charge in [0, 0.05) is 20.4 Å². The zero-order valence-corrected chi connectivity index (χ0v) is 11.7. The molecule has 5 N–H and O–H groups in total. The van der Waals surface area contributed by atoms with E-state index in [4.69, 9.17) is 15.2 Å². The number of nitrogens with one attached hydrogen (secondary N) is 1. The maximum absolute atomic E-state index is 11.8. The molecule has 116 valence electrons. The summed E-state index contributed by atoms with van der Waals surface area (Å²) in [5.41, 5.74) is 5.42. The predicted octanol–water partition coefficient (Wildman–Crippen LogP) is -1.18. The third-order valence-electron chi connectivity index (χ3n) is 3.27. The van der Waals surface area contributed by atoms with Crippen molar-refractivity contribution in [1.82, 2.24) is 14.5 Å². The number of methoxy groups -OCH3 is 2. The number of aromatic amines is 1. The zero-order chi connectivity index (χ0) is 15.6. The first-order valence-corrected chi connectivity index (χ1v) is 6.24. The van der Waals surface area contributed by atoms with Crippen LogP contribution < -0.4 is 11.3 Å². The Morgan fingerprint density at radius 1 is 1.48 bits per heavy atom. The van der Waals surface area contributed by atoms with E-state index in [2.05, 4.69) is 9.97 Å². The highest BCUT2D eigenvalue weighted by molar-refractivity contribution is 5.76. The molecule has 0 aromatic carbocycles. The lowest BCUT2D eigenvalue weighted by molar-refractivity contribution is -0.129. The Balaban J connectivity index is 2.50. The van der Waals surface area contributed by atoms with Crippen LogP contribution in [0.25, 0.3) is 11.0 Å². The van der Waals surface area contributed by atoms with Crippen LogP contribution in [0.5, 0.6) is 0 Å². The predicted molar refractivity (Wildman–Crippen MR) is 74.7 cm³/mol. The SMILES string of the molecule is CO[C@H]([C@H](O)[C@@H](CO)OC)n1ccc2c(=O)[nH]c(N)nc21. The van der Waals surface area contributed by atoms with Crippen molar-refractivity contribution >= 4 is 17.0 Å². The Labute approximate surface area is 119 Å². The smallest absolute Gasteiger partial charge is 0.261 e. The minimum absolute atomic E-state index is 0.0396. The number of hydrogen-bond acceptors (Lipinski definition) is 7. The van der Waals surface area contributed by atoms with Gasteiger partial charge in [0.25, 0.3) is 5.56 Å². The second-order valence-corrected chi connectivity index (χ2v) is 4.49. The van der Waals surface area contributed by atoms with Crippen LogP contribution in [-0.2, 0) is 9.47 Å². The Morgan fingerprint density at radius 2 is 2.19 bits per heavy atom. The summed E-state index contributed by atoms with van der Waals surface area (Å²) in [6.07, 6.45) is -1.35. The summed E-state index contributed by atoms with van der Waals surface area (Å²) in [6.45, 7) is -0.382. The molecule has 0 bridgehead atoms. The van der Waals surface area contributed by atoms with Crippen molar-refractivity contribution in [3.63, 3.8) is 0 Å². The molecular weight excluding hydrogens is 280 g/mol. The summed E-state index contributed by atoms with van der Waals surface area (Å²) in [5.74, 6) is -0.0396. The lowest BCUT2D eigenvalue weighted by Crippen LogP contribution is -2.39. The number of nitrogens with zero attached hydrogens (tertiary/aromatic N) is 2. The molecule has 0 spiro atoms. The average molecular weight is 298 g/mol. The Bertz CT molecular complexity index is 663. The number of H-pyrrole nitrogens is 1. The lowest BCUT2D eigenvalue weighted by atomic mass is 10.2. The van der Waals surface area contributed by atoms with E-state index in [1.165, 1.54) is 18.8 Å². The molecule has 2 aromatic rings. The minimum atomic E-state index is -1.16. The van der Waals surface area contributed by atoms with Crippen molar-refractivity contribution in [2.24, 2.45) is 0 Å². The summed E-state index contributed by atoms with van der Waals surface area (Å²) in [6, 6.07) is 1.54. The number of nitrogen functional groups attached to an aromatic ring is 1. The number of anilines is 1. The van der Waals surface area contributed by atoms with Gasteiger partial charge in [-0.1, -0.05) is 0 Å². The highest BCUT2D eigenvalue weighted by Gasteiger charge is 2.30. The number of aliphatic hydroxyl groups excluding tert-OH is 2. The van der Waals surface area contributed by atoms with E-state index >= 15 is 0 Å². The van der Waals surface area contributed by atoms with Crippen LogP contribution >= 0.6 is 0 Å². The van der Waals surface area contributed by atoms with E-state index in [1.54, 1.807) is 12.3 Å². The first-order chi connectivity index (χ1) is 10.0. The second kappa shape index (κ2) is 6.22. The number of rotatable bonds is 6. The number of aliphatic hydroxyl groups is 2. The lowest BCUT2D eigenvalue weighted by Gasteiger charge is -2.28. The molecule has 0 fully saturated rings. The number of fused-ring (bicyclic) bond motifs is 1. The molecule has 0 aliphatic heterocycles. The van der Waals surface area contributed by atoms with Gasteiger partial charge in [-0.25, -0.2) is 0 Å². The molecule has 0 aliphatic rings. The topological polar surface area (TPSA) is 136 Å². The normalized spacial score (nSPS) is 16.0. The van der Waals surface area contributed by atoms with Crippen LogP contribution in [0.4, 0.5) is 5.95 Å². The monoisotopic (exact) mass is 298 g/mol. The van der Waals surface area contributed by atoms with Crippen LogP contribution in [0.15, 0.2) is 17.1 Å². The maximum Gasteiger partial charge on any atom is 0.261 e. The van der Waals surface area contributed by atoms with Gasteiger partial charge < -0.3 is 30.0 Å². The van der Waals surface area contributed by atoms with Gasteiger partial charge in [-0.2, -0.15) is 4.98 Å². The molecular formula is C12H18N4O5. The van der Waals surface area contributed by atoms with Crippen molar-refractivity contribution in [3.05, 3.63) is 22.6 Å². The zero-order valence-electron chi connectivity index (χ0n) is 11.7. The Morgan fingerprint density at radius 3 is 2.76 bits per heavy atom. The van der Waals surface area contributed by atoms with Crippen molar-refractivity contribution in [2.75, 3.05) is 26.6 Å². The highest BCUT2D eigenvalue weighted by atomic mass is 16.5. The molecule has 0 radical (unpaired) electrons. The fourth-order valence-corrected chi connectivity index (χ4v) is 2.19. The van der Waals surface area contributed by atoms with Crippen molar-refractivity contribution in [2.45, 2.75) is 18.4 Å². The van der Waals surface area contributed by atoms with Gasteiger partial charge in [-0.3, -0.25) is 9.78 Å². The van der Waals surface area contributed by atoms with Gasteiger partial charge in [0.15, 0.2) is 11.9 Å². The molecule has 2 heterocycles. The number of hydrogen-bond donors (Lipinski definition) is 4. The van der Waals surface area contributed by atoms with Crippen LogP contribution in [0.1, 0.15) is 6.23 Å². The molecule has 21 heavy (non-hydrogen) atoms. The molecule has 2 aromatic heterocycles. The van der Waals surface area contributed by atoms with Crippen LogP contribution in [-0.4, -0.2) is 57.8 Å². The molecule has 0 saturated heterocycles. The molecule has 9 nitrogen and oxygen atoms in total. The number of nitrogens with two attached hydrogens (primary N) is 1. The van der Waals surface area contributed by atoms with E-state index in [-0.39, 0.29) is 23.8 Å². The van der Waals surface area contributed by atoms with Gasteiger partial charge in [0.1, 0.15) is 12.2 Å². The van der Waals surface area contributed by atoms with Gasteiger partial charge in [0.05, 0.1) is 12.0 Å². The minimum Gasteiger partial charge on any atom is -0.394 e. The summed E-state index contributed by atoms with van der Waals surface area (Å²) in [5, 5.41) is 19.8. The first kappa shape index (κ1) is 15.4. The second-order valence-electron chi connectivity index (χ2n) is 4.49. The van der Waals surface area contributed by atoms with Gasteiger partial charge in [-0.15, -0.1) is 0 Å². The number of ether oxygens (including phenoxy) is 2. The average Bonchev–Trinajstić information content (AvgIpc) is 2.85. The van der Waals surface area contributed by atoms with Crippen molar-refractivity contribution in [1.29, 1.82) is 0 Å². The highest BCUT2D eigenvalue weighted by Crippen LogP contribution is 2.22. The first-order valence-electron chi connectivity index (χ1n) is 6.24. The summed E-state index contributed by atoms with van der Waals surface area (Å²) < 4.78 is 11.7. The fourth-order valence-electron chi connectivity index (χ4n) is 2.19. The van der Waals surface area contributed by atoms with Crippen molar-refractivity contribution < 1.29 is 19.7 Å². The van der Waals surface area contributed by atoms with Crippen LogP contribution in [0.3, 0.4) is 0 Å². The quantitative estimate of drug-likeness (QED) is 0.527. The largest absolute Gasteiger partial charge is 0.394 e. The molecule has 9 heteroatoms. The molecule has 0 aliphatic carbocycles. The summed E-state index contributed by atoms with van der Waals surface area (Å²) >= 11 is 0. The summed E-state index contributed by atoms with van der Waals surface area (Å²) in [4.78, 5) is 18.2. The Kier molecular flexibility index (Phi) is 4.58. The van der Waals surface area contributed by atoms with Gasteiger partial charge >= 0.3 is 0 Å². The van der Waals surface area contributed by atoms with E-state index in [9.17, 15) is 15.0 Å². The van der Waals surface area contributed by atoms with Gasteiger partial charge in [-0.05, 0) is 6.07 Å². The fraction of sp³-hybridized carbons (Fsp3) is 0.500.